The number of thiazole rings is 1. The molecule has 0 aliphatic rings. The number of rotatable bonds is 6. The van der Waals surface area contributed by atoms with Gasteiger partial charge < -0.3 is 14.8 Å². The Morgan fingerprint density at radius 2 is 1.65 bits per heavy atom. The molecule has 26 heavy (non-hydrogen) atoms. The fourth-order valence-electron chi connectivity index (χ4n) is 2.28. The summed E-state index contributed by atoms with van der Waals surface area (Å²) in [5.74, 6) is 1.58. The van der Waals surface area contributed by atoms with Crippen LogP contribution in [0.15, 0.2) is 60.1 Å². The maximum atomic E-state index is 9.46. The third kappa shape index (κ3) is 4.02. The SMILES string of the molecule is COc1ccc(NC=C(C#N)c2nc(-c3ccc(OC)cc3)cs2)cc1. The third-order valence-corrected chi connectivity index (χ3v) is 4.59. The molecule has 1 heterocycles. The van der Waals surface area contributed by atoms with E-state index in [0.717, 1.165) is 28.4 Å². The standard InChI is InChI=1S/C20H17N3O2S/c1-24-17-7-3-14(4-8-17)19-13-26-20(23-19)15(11-21)12-22-16-5-9-18(25-2)10-6-16/h3-10,12-13,22H,1-2H3. The first-order valence-corrected chi connectivity index (χ1v) is 8.72. The van der Waals surface area contributed by atoms with E-state index in [2.05, 4.69) is 16.4 Å². The fraction of sp³-hybridized carbons (Fsp3) is 0.100. The van der Waals surface area contributed by atoms with Crippen molar-refractivity contribution in [3.8, 4) is 28.8 Å². The molecule has 1 N–H and O–H groups in total. The first-order valence-electron chi connectivity index (χ1n) is 7.84. The summed E-state index contributed by atoms with van der Waals surface area (Å²) < 4.78 is 10.3. The van der Waals surface area contributed by atoms with Crippen molar-refractivity contribution in [1.29, 1.82) is 5.26 Å². The minimum atomic E-state index is 0.477. The predicted molar refractivity (Wildman–Crippen MR) is 104 cm³/mol. The van der Waals surface area contributed by atoms with Crippen LogP contribution in [-0.4, -0.2) is 19.2 Å². The monoisotopic (exact) mass is 363 g/mol. The molecule has 0 bridgehead atoms. The number of aromatic nitrogens is 1. The largest absolute Gasteiger partial charge is 0.497 e. The summed E-state index contributed by atoms with van der Waals surface area (Å²) in [5, 5.41) is 15.2. The smallest absolute Gasteiger partial charge is 0.136 e. The van der Waals surface area contributed by atoms with Crippen molar-refractivity contribution in [2.24, 2.45) is 0 Å². The van der Waals surface area contributed by atoms with Gasteiger partial charge in [-0.2, -0.15) is 5.26 Å². The lowest BCUT2D eigenvalue weighted by atomic mass is 10.2. The highest BCUT2D eigenvalue weighted by Crippen LogP contribution is 2.27. The summed E-state index contributed by atoms with van der Waals surface area (Å²) >= 11 is 1.44. The van der Waals surface area contributed by atoms with Crippen LogP contribution in [0.4, 0.5) is 5.69 Å². The number of methoxy groups -OCH3 is 2. The van der Waals surface area contributed by atoms with Crippen molar-refractivity contribution in [2.45, 2.75) is 0 Å². The highest BCUT2D eigenvalue weighted by molar-refractivity contribution is 7.11. The van der Waals surface area contributed by atoms with E-state index in [1.54, 1.807) is 20.4 Å². The van der Waals surface area contributed by atoms with Crippen LogP contribution in [0.3, 0.4) is 0 Å². The van der Waals surface area contributed by atoms with Crippen LogP contribution < -0.4 is 14.8 Å². The molecule has 6 heteroatoms. The number of anilines is 1. The van der Waals surface area contributed by atoms with Gasteiger partial charge in [-0.05, 0) is 48.5 Å². The van der Waals surface area contributed by atoms with Gasteiger partial charge in [0.25, 0.3) is 0 Å². The highest BCUT2D eigenvalue weighted by Gasteiger charge is 2.09. The van der Waals surface area contributed by atoms with Gasteiger partial charge >= 0.3 is 0 Å². The minimum Gasteiger partial charge on any atom is -0.497 e. The van der Waals surface area contributed by atoms with Crippen molar-refractivity contribution >= 4 is 22.6 Å². The Hall–Kier alpha value is -3.30. The van der Waals surface area contributed by atoms with E-state index in [4.69, 9.17) is 9.47 Å². The second kappa shape index (κ2) is 8.19. The number of nitrogens with zero attached hydrogens (tertiary/aromatic N) is 2. The second-order valence-corrected chi connectivity index (χ2v) is 6.17. The number of hydrogen-bond donors (Lipinski definition) is 1. The summed E-state index contributed by atoms with van der Waals surface area (Å²) in [6.45, 7) is 0. The van der Waals surface area contributed by atoms with Gasteiger partial charge in [-0.25, -0.2) is 4.98 Å². The van der Waals surface area contributed by atoms with Crippen LogP contribution in [0.1, 0.15) is 5.01 Å². The van der Waals surface area contributed by atoms with E-state index in [9.17, 15) is 5.26 Å². The van der Waals surface area contributed by atoms with Crippen LogP contribution in [0.25, 0.3) is 16.8 Å². The van der Waals surface area contributed by atoms with E-state index in [0.29, 0.717) is 10.6 Å². The number of ether oxygens (including phenoxy) is 2. The van der Waals surface area contributed by atoms with E-state index >= 15 is 0 Å². The van der Waals surface area contributed by atoms with Crippen molar-refractivity contribution in [3.63, 3.8) is 0 Å². The summed E-state index contributed by atoms with van der Waals surface area (Å²) in [4.78, 5) is 4.57. The Kier molecular flexibility index (Phi) is 5.52. The predicted octanol–water partition coefficient (Wildman–Crippen LogP) is 4.80. The van der Waals surface area contributed by atoms with Crippen LogP contribution in [-0.2, 0) is 0 Å². The lowest BCUT2D eigenvalue weighted by molar-refractivity contribution is 0.415. The number of allylic oxidation sites excluding steroid dienone is 1. The average Bonchev–Trinajstić information content (AvgIpc) is 3.19. The lowest BCUT2D eigenvalue weighted by Crippen LogP contribution is -1.91. The summed E-state index contributed by atoms with van der Waals surface area (Å²) in [5.41, 5.74) is 3.16. The fourth-order valence-corrected chi connectivity index (χ4v) is 3.07. The van der Waals surface area contributed by atoms with Crippen molar-refractivity contribution in [2.75, 3.05) is 19.5 Å². The van der Waals surface area contributed by atoms with Gasteiger partial charge in [0, 0.05) is 22.8 Å². The van der Waals surface area contributed by atoms with Gasteiger partial charge in [0.05, 0.1) is 19.9 Å². The number of nitriles is 1. The van der Waals surface area contributed by atoms with Gasteiger partial charge in [-0.15, -0.1) is 11.3 Å². The topological polar surface area (TPSA) is 67.2 Å². The highest BCUT2D eigenvalue weighted by atomic mass is 32.1. The van der Waals surface area contributed by atoms with Crippen LogP contribution in [0, 0.1) is 11.3 Å². The van der Waals surface area contributed by atoms with Crippen molar-refractivity contribution < 1.29 is 9.47 Å². The van der Waals surface area contributed by atoms with Crippen molar-refractivity contribution in [3.05, 3.63) is 65.1 Å². The van der Waals surface area contributed by atoms with Gasteiger partial charge in [-0.3, -0.25) is 0 Å². The van der Waals surface area contributed by atoms with Crippen LogP contribution >= 0.6 is 11.3 Å². The molecule has 0 saturated heterocycles. The maximum absolute atomic E-state index is 9.46. The zero-order valence-corrected chi connectivity index (χ0v) is 15.2. The number of nitrogens with one attached hydrogen (secondary N) is 1. The van der Waals surface area contributed by atoms with E-state index in [1.165, 1.54) is 11.3 Å². The normalized spacial score (nSPS) is 10.9. The van der Waals surface area contributed by atoms with E-state index < -0.39 is 0 Å². The van der Waals surface area contributed by atoms with Crippen molar-refractivity contribution in [1.82, 2.24) is 4.98 Å². The minimum absolute atomic E-state index is 0.477. The first-order chi connectivity index (χ1) is 12.7. The number of hydrogen-bond acceptors (Lipinski definition) is 6. The van der Waals surface area contributed by atoms with Gasteiger partial charge in [0.2, 0.25) is 0 Å². The molecule has 0 unspecified atom stereocenters. The molecule has 3 aromatic rings. The molecular formula is C20H17N3O2S. The second-order valence-electron chi connectivity index (χ2n) is 5.31. The molecule has 0 aliphatic heterocycles. The lowest BCUT2D eigenvalue weighted by Gasteiger charge is -2.03. The van der Waals surface area contributed by atoms with E-state index in [1.807, 2.05) is 53.9 Å². The molecule has 0 fully saturated rings. The number of benzene rings is 2. The molecule has 0 atom stereocenters. The zero-order chi connectivity index (χ0) is 18.4. The molecule has 5 nitrogen and oxygen atoms in total. The Balaban J connectivity index is 1.77. The maximum Gasteiger partial charge on any atom is 0.136 e. The Morgan fingerprint density at radius 1 is 1.04 bits per heavy atom. The van der Waals surface area contributed by atoms with Gasteiger partial charge in [0.1, 0.15) is 28.1 Å². The molecule has 0 amide bonds. The van der Waals surface area contributed by atoms with Gasteiger partial charge in [-0.1, -0.05) is 0 Å². The summed E-state index contributed by atoms with van der Waals surface area (Å²) in [6, 6.07) is 17.3. The average molecular weight is 363 g/mol. The molecule has 0 saturated carbocycles. The Labute approximate surface area is 156 Å². The Morgan fingerprint density at radius 3 is 2.23 bits per heavy atom. The zero-order valence-electron chi connectivity index (χ0n) is 14.4. The molecule has 0 aliphatic carbocycles. The molecule has 2 aromatic carbocycles. The summed E-state index contributed by atoms with van der Waals surface area (Å²) in [6.07, 6.45) is 1.67. The van der Waals surface area contributed by atoms with Crippen LogP contribution in [0.2, 0.25) is 0 Å². The molecule has 1 aromatic heterocycles. The molecule has 0 spiro atoms. The molecule has 130 valence electrons. The molecule has 0 radical (unpaired) electrons. The first kappa shape index (κ1) is 17.5. The molecular weight excluding hydrogens is 346 g/mol. The van der Waals surface area contributed by atoms with Gasteiger partial charge in [0.15, 0.2) is 0 Å². The third-order valence-electron chi connectivity index (χ3n) is 3.71. The summed E-state index contributed by atoms with van der Waals surface area (Å²) in [7, 11) is 3.26. The van der Waals surface area contributed by atoms with E-state index in [-0.39, 0.29) is 0 Å². The Bertz CT molecular complexity index is 938. The van der Waals surface area contributed by atoms with Crippen LogP contribution in [0.5, 0.6) is 11.5 Å². The molecule has 3 rings (SSSR count). The quantitative estimate of drug-likeness (QED) is 0.637.